The molecule has 94 valence electrons. The average Bonchev–Trinajstić information content (AvgIpc) is 2.42. The van der Waals surface area contributed by atoms with Gasteiger partial charge in [-0.2, -0.15) is 0 Å². The highest BCUT2D eigenvalue weighted by molar-refractivity contribution is 5.35. The number of para-hydroxylation sites is 1. The van der Waals surface area contributed by atoms with Gasteiger partial charge in [0, 0.05) is 24.4 Å². The fourth-order valence-electron chi connectivity index (χ4n) is 1.63. The van der Waals surface area contributed by atoms with Crippen LogP contribution in [0.25, 0.3) is 0 Å². The molecule has 0 bridgehead atoms. The summed E-state index contributed by atoms with van der Waals surface area (Å²) in [7, 11) is 1.89. The number of nitrogens with zero attached hydrogens (tertiary/aromatic N) is 1. The molecule has 0 amide bonds. The second-order valence-corrected chi connectivity index (χ2v) is 3.90. The number of aliphatic hydroxyl groups excluding tert-OH is 1. The minimum atomic E-state index is -0.0476. The first-order valence-electron chi connectivity index (χ1n) is 5.79. The third-order valence-corrected chi connectivity index (χ3v) is 2.54. The largest absolute Gasteiger partial charge is 0.439 e. The molecule has 2 rings (SSSR count). The van der Waals surface area contributed by atoms with E-state index in [1.807, 2.05) is 43.4 Å². The Balaban J connectivity index is 2.13. The number of aliphatic hydroxyl groups is 1. The highest BCUT2D eigenvalue weighted by atomic mass is 16.5. The van der Waals surface area contributed by atoms with Crippen molar-refractivity contribution in [2.45, 2.75) is 13.2 Å². The van der Waals surface area contributed by atoms with Crippen molar-refractivity contribution in [2.75, 3.05) is 7.05 Å². The van der Waals surface area contributed by atoms with Gasteiger partial charge in [-0.05, 0) is 18.7 Å². The lowest BCUT2D eigenvalue weighted by Gasteiger charge is -2.08. The van der Waals surface area contributed by atoms with Crippen LogP contribution in [0.3, 0.4) is 0 Å². The van der Waals surface area contributed by atoms with E-state index in [1.54, 1.807) is 6.20 Å². The van der Waals surface area contributed by atoms with Gasteiger partial charge in [-0.3, -0.25) is 0 Å². The van der Waals surface area contributed by atoms with Crippen molar-refractivity contribution < 1.29 is 9.84 Å². The van der Waals surface area contributed by atoms with Gasteiger partial charge in [0.1, 0.15) is 5.75 Å². The summed E-state index contributed by atoms with van der Waals surface area (Å²) in [5, 5.41) is 12.3. The molecule has 0 spiro atoms. The van der Waals surface area contributed by atoms with E-state index in [0.717, 1.165) is 17.7 Å². The van der Waals surface area contributed by atoms with E-state index in [-0.39, 0.29) is 6.61 Å². The molecule has 1 aromatic carbocycles. The summed E-state index contributed by atoms with van der Waals surface area (Å²) in [5.74, 6) is 1.16. The molecule has 4 nitrogen and oxygen atoms in total. The number of pyridine rings is 1. The fraction of sp³-hybridized carbons (Fsp3) is 0.214. The minimum absolute atomic E-state index is 0.0476. The Bertz CT molecular complexity index is 497. The normalized spacial score (nSPS) is 10.3. The number of ether oxygens (including phenoxy) is 1. The van der Waals surface area contributed by atoms with Crippen molar-refractivity contribution in [3.8, 4) is 11.6 Å². The molecule has 0 fully saturated rings. The van der Waals surface area contributed by atoms with Gasteiger partial charge in [0.2, 0.25) is 5.88 Å². The van der Waals surface area contributed by atoms with E-state index in [1.165, 1.54) is 0 Å². The number of hydrogen-bond acceptors (Lipinski definition) is 4. The van der Waals surface area contributed by atoms with Crippen LogP contribution in [-0.4, -0.2) is 17.1 Å². The first-order chi connectivity index (χ1) is 8.83. The van der Waals surface area contributed by atoms with Crippen molar-refractivity contribution >= 4 is 0 Å². The lowest BCUT2D eigenvalue weighted by molar-refractivity contribution is 0.276. The Hall–Kier alpha value is -1.91. The van der Waals surface area contributed by atoms with E-state index in [2.05, 4.69) is 10.3 Å². The van der Waals surface area contributed by atoms with Crippen LogP contribution >= 0.6 is 0 Å². The topological polar surface area (TPSA) is 54.4 Å². The van der Waals surface area contributed by atoms with Crippen molar-refractivity contribution in [1.82, 2.24) is 10.3 Å². The van der Waals surface area contributed by atoms with Crippen molar-refractivity contribution in [3.63, 3.8) is 0 Å². The van der Waals surface area contributed by atoms with Crippen LogP contribution < -0.4 is 10.1 Å². The molecule has 4 heteroatoms. The molecule has 1 aromatic heterocycles. The SMILES string of the molecule is CNCc1ccc(Oc2ccccc2CO)nc1. The highest BCUT2D eigenvalue weighted by Crippen LogP contribution is 2.23. The van der Waals surface area contributed by atoms with Gasteiger partial charge in [-0.1, -0.05) is 24.3 Å². The molecule has 0 unspecified atom stereocenters. The average molecular weight is 244 g/mol. The second-order valence-electron chi connectivity index (χ2n) is 3.90. The van der Waals surface area contributed by atoms with Crippen LogP contribution in [0.4, 0.5) is 0 Å². The molecule has 0 aliphatic rings. The van der Waals surface area contributed by atoms with Crippen LogP contribution in [0.5, 0.6) is 11.6 Å². The lowest BCUT2D eigenvalue weighted by Crippen LogP contribution is -2.05. The van der Waals surface area contributed by atoms with E-state index in [4.69, 9.17) is 4.74 Å². The molecule has 18 heavy (non-hydrogen) atoms. The maximum absolute atomic E-state index is 9.20. The maximum Gasteiger partial charge on any atom is 0.219 e. The summed E-state index contributed by atoms with van der Waals surface area (Å²) in [4.78, 5) is 4.22. The minimum Gasteiger partial charge on any atom is -0.439 e. The van der Waals surface area contributed by atoms with Crippen molar-refractivity contribution in [1.29, 1.82) is 0 Å². The van der Waals surface area contributed by atoms with Crippen LogP contribution in [0.2, 0.25) is 0 Å². The summed E-state index contributed by atoms with van der Waals surface area (Å²) in [6, 6.07) is 11.1. The van der Waals surface area contributed by atoms with Crippen LogP contribution in [-0.2, 0) is 13.2 Å². The smallest absolute Gasteiger partial charge is 0.219 e. The highest BCUT2D eigenvalue weighted by Gasteiger charge is 2.04. The number of benzene rings is 1. The number of aromatic nitrogens is 1. The summed E-state index contributed by atoms with van der Waals surface area (Å²) >= 11 is 0. The summed E-state index contributed by atoms with van der Waals surface area (Å²) in [6.07, 6.45) is 1.77. The van der Waals surface area contributed by atoms with E-state index >= 15 is 0 Å². The van der Waals surface area contributed by atoms with Gasteiger partial charge in [-0.15, -0.1) is 0 Å². The molecule has 0 aliphatic carbocycles. The standard InChI is InChI=1S/C14H16N2O2/c1-15-8-11-6-7-14(16-9-11)18-13-5-3-2-4-12(13)10-17/h2-7,9,15,17H,8,10H2,1H3. The third kappa shape index (κ3) is 3.06. The van der Waals surface area contributed by atoms with Gasteiger partial charge in [0.15, 0.2) is 0 Å². The quantitative estimate of drug-likeness (QED) is 0.845. The molecular weight excluding hydrogens is 228 g/mol. The van der Waals surface area contributed by atoms with Crippen LogP contribution in [0.1, 0.15) is 11.1 Å². The molecular formula is C14H16N2O2. The zero-order valence-electron chi connectivity index (χ0n) is 10.3. The second kappa shape index (κ2) is 6.14. The van der Waals surface area contributed by atoms with Gasteiger partial charge in [0.25, 0.3) is 0 Å². The summed E-state index contributed by atoms with van der Waals surface area (Å²) < 4.78 is 5.64. The first kappa shape index (κ1) is 12.5. The molecule has 0 atom stereocenters. The zero-order valence-corrected chi connectivity index (χ0v) is 10.3. The Kier molecular flexibility index (Phi) is 4.28. The van der Waals surface area contributed by atoms with Crippen molar-refractivity contribution in [3.05, 3.63) is 53.7 Å². The molecule has 0 saturated heterocycles. The predicted octanol–water partition coefficient (Wildman–Crippen LogP) is 2.09. The first-order valence-corrected chi connectivity index (χ1v) is 5.79. The van der Waals surface area contributed by atoms with Crippen LogP contribution in [0, 0.1) is 0 Å². The number of nitrogens with one attached hydrogen (secondary N) is 1. The van der Waals surface area contributed by atoms with Crippen LogP contribution in [0.15, 0.2) is 42.6 Å². The summed E-state index contributed by atoms with van der Waals surface area (Å²) in [6.45, 7) is 0.731. The number of hydrogen-bond donors (Lipinski definition) is 2. The summed E-state index contributed by atoms with van der Waals surface area (Å²) in [5.41, 5.74) is 1.85. The Morgan fingerprint density at radius 1 is 1.22 bits per heavy atom. The van der Waals surface area contributed by atoms with Gasteiger partial charge in [0.05, 0.1) is 6.61 Å². The van der Waals surface area contributed by atoms with E-state index in [0.29, 0.717) is 11.6 Å². The van der Waals surface area contributed by atoms with Gasteiger partial charge in [-0.25, -0.2) is 4.98 Å². The predicted molar refractivity (Wildman–Crippen MR) is 69.4 cm³/mol. The molecule has 2 N–H and O–H groups in total. The Labute approximate surface area is 106 Å². The molecule has 1 heterocycles. The lowest BCUT2D eigenvalue weighted by atomic mass is 10.2. The van der Waals surface area contributed by atoms with E-state index in [9.17, 15) is 5.11 Å². The molecule has 0 aliphatic heterocycles. The molecule has 2 aromatic rings. The maximum atomic E-state index is 9.20. The fourth-order valence-corrected chi connectivity index (χ4v) is 1.63. The number of rotatable bonds is 5. The molecule has 0 saturated carbocycles. The van der Waals surface area contributed by atoms with Crippen molar-refractivity contribution in [2.24, 2.45) is 0 Å². The van der Waals surface area contributed by atoms with E-state index < -0.39 is 0 Å². The zero-order chi connectivity index (χ0) is 12.8. The van der Waals surface area contributed by atoms with Gasteiger partial charge < -0.3 is 15.2 Å². The monoisotopic (exact) mass is 244 g/mol. The molecule has 0 radical (unpaired) electrons. The van der Waals surface area contributed by atoms with Gasteiger partial charge >= 0.3 is 0 Å². The Morgan fingerprint density at radius 2 is 2.06 bits per heavy atom. The third-order valence-electron chi connectivity index (χ3n) is 2.54. The Morgan fingerprint density at radius 3 is 2.72 bits per heavy atom.